The summed E-state index contributed by atoms with van der Waals surface area (Å²) in [5, 5.41) is 8.67. The molecule has 0 aromatic heterocycles. The molecular weight excluding hydrogens is 166 g/mol. The van der Waals surface area contributed by atoms with Gasteiger partial charge in [-0.2, -0.15) is 0 Å². The van der Waals surface area contributed by atoms with Crippen molar-refractivity contribution in [2.45, 2.75) is 25.8 Å². The number of hydrogen-bond acceptors (Lipinski definition) is 2. The first-order chi connectivity index (χ1) is 4.75. The number of carboxylic acid groups (broad SMARTS) is 1. The Hall–Kier alpha value is -0.280. The van der Waals surface area contributed by atoms with E-state index in [2.05, 4.69) is 0 Å². The number of carbonyl (C=O) groups is 1. The molecule has 0 spiro atoms. The van der Waals surface area contributed by atoms with Crippen LogP contribution in [0.2, 0.25) is 0 Å². The van der Waals surface area contributed by atoms with E-state index in [1.54, 1.807) is 0 Å². The van der Waals surface area contributed by atoms with Gasteiger partial charge in [0.1, 0.15) is 6.04 Å². The van der Waals surface area contributed by atoms with E-state index in [0.717, 1.165) is 25.9 Å². The molecule has 1 fully saturated rings. The van der Waals surface area contributed by atoms with E-state index in [9.17, 15) is 4.79 Å². The standard InChI is InChI=1S/C7H13NO2.ClH/c1-2-8-5-3-4-6(8)7(9)10;/h6H,2-5H2,1H3,(H,9,10);1H/t6-;/m1./s1. The first kappa shape index (κ1) is 10.7. The summed E-state index contributed by atoms with van der Waals surface area (Å²) < 4.78 is 0. The first-order valence-corrected chi connectivity index (χ1v) is 3.72. The minimum atomic E-state index is -0.667. The van der Waals surface area contributed by atoms with Crippen molar-refractivity contribution >= 4 is 18.4 Å². The highest BCUT2D eigenvalue weighted by atomic mass is 35.5. The van der Waals surface area contributed by atoms with Crippen LogP contribution in [0.3, 0.4) is 0 Å². The molecule has 66 valence electrons. The average Bonchev–Trinajstić information content (AvgIpc) is 2.33. The van der Waals surface area contributed by atoms with Crippen LogP contribution in [0, 0.1) is 0 Å². The lowest BCUT2D eigenvalue weighted by molar-refractivity contribution is -0.142. The number of likely N-dealkylation sites (N-methyl/N-ethyl adjacent to an activating group) is 1. The summed E-state index contributed by atoms with van der Waals surface area (Å²) in [7, 11) is 0. The van der Waals surface area contributed by atoms with E-state index in [4.69, 9.17) is 5.11 Å². The second kappa shape index (κ2) is 4.57. The average molecular weight is 180 g/mol. The van der Waals surface area contributed by atoms with Crippen LogP contribution in [-0.2, 0) is 4.79 Å². The van der Waals surface area contributed by atoms with Crippen LogP contribution in [0.25, 0.3) is 0 Å². The predicted octanol–water partition coefficient (Wildman–Crippen LogP) is 0.977. The van der Waals surface area contributed by atoms with Gasteiger partial charge in [0.2, 0.25) is 0 Å². The lowest BCUT2D eigenvalue weighted by Crippen LogP contribution is -2.35. The number of halogens is 1. The van der Waals surface area contributed by atoms with Gasteiger partial charge >= 0.3 is 5.97 Å². The van der Waals surface area contributed by atoms with Crippen molar-refractivity contribution in [3.8, 4) is 0 Å². The molecule has 0 aromatic carbocycles. The van der Waals surface area contributed by atoms with Crippen LogP contribution >= 0.6 is 12.4 Å². The molecule has 0 aromatic rings. The SMILES string of the molecule is CCN1CCC[C@@H]1C(=O)O.Cl. The van der Waals surface area contributed by atoms with Gasteiger partial charge in [-0.05, 0) is 25.9 Å². The monoisotopic (exact) mass is 179 g/mol. The van der Waals surface area contributed by atoms with Gasteiger partial charge in [-0.25, -0.2) is 0 Å². The van der Waals surface area contributed by atoms with Crippen molar-refractivity contribution in [1.29, 1.82) is 0 Å². The maximum absolute atomic E-state index is 10.5. The van der Waals surface area contributed by atoms with Gasteiger partial charge in [-0.1, -0.05) is 6.92 Å². The normalized spacial score (nSPS) is 24.6. The van der Waals surface area contributed by atoms with Crippen LogP contribution in [0.5, 0.6) is 0 Å². The van der Waals surface area contributed by atoms with Crippen molar-refractivity contribution in [3.63, 3.8) is 0 Å². The van der Waals surface area contributed by atoms with E-state index < -0.39 is 5.97 Å². The van der Waals surface area contributed by atoms with E-state index in [1.807, 2.05) is 11.8 Å². The molecule has 1 heterocycles. The van der Waals surface area contributed by atoms with Gasteiger partial charge in [0.15, 0.2) is 0 Å². The molecule has 1 atom stereocenters. The summed E-state index contributed by atoms with van der Waals surface area (Å²) in [6.07, 6.45) is 1.86. The van der Waals surface area contributed by atoms with Crippen LogP contribution in [-0.4, -0.2) is 35.1 Å². The fourth-order valence-electron chi connectivity index (χ4n) is 1.48. The molecule has 0 radical (unpaired) electrons. The summed E-state index contributed by atoms with van der Waals surface area (Å²) in [6.45, 7) is 3.81. The molecule has 1 aliphatic heterocycles. The van der Waals surface area contributed by atoms with Gasteiger partial charge < -0.3 is 5.11 Å². The quantitative estimate of drug-likeness (QED) is 0.687. The topological polar surface area (TPSA) is 40.5 Å². The Bertz CT molecular complexity index is 140. The van der Waals surface area contributed by atoms with E-state index >= 15 is 0 Å². The fraction of sp³-hybridized carbons (Fsp3) is 0.857. The molecule has 1 N–H and O–H groups in total. The second-order valence-corrected chi connectivity index (χ2v) is 2.62. The van der Waals surface area contributed by atoms with Gasteiger partial charge in [0.25, 0.3) is 0 Å². The zero-order chi connectivity index (χ0) is 7.56. The third kappa shape index (κ3) is 2.34. The van der Waals surface area contributed by atoms with Gasteiger partial charge in [-0.3, -0.25) is 9.69 Å². The van der Waals surface area contributed by atoms with Crippen LogP contribution < -0.4 is 0 Å². The summed E-state index contributed by atoms with van der Waals surface area (Å²) in [5.41, 5.74) is 0. The first-order valence-electron chi connectivity index (χ1n) is 3.72. The summed E-state index contributed by atoms with van der Waals surface area (Å²) in [4.78, 5) is 12.5. The lowest BCUT2D eigenvalue weighted by atomic mass is 10.2. The zero-order valence-corrected chi connectivity index (χ0v) is 7.43. The molecule has 1 aliphatic rings. The molecule has 3 nitrogen and oxygen atoms in total. The highest BCUT2D eigenvalue weighted by Crippen LogP contribution is 2.15. The minimum absolute atomic E-state index is 0. The Balaban J connectivity index is 0.000001000. The molecule has 4 heteroatoms. The number of carboxylic acids is 1. The Morgan fingerprint density at radius 1 is 1.73 bits per heavy atom. The number of hydrogen-bond donors (Lipinski definition) is 1. The van der Waals surface area contributed by atoms with E-state index in [1.165, 1.54) is 0 Å². The smallest absolute Gasteiger partial charge is 0.320 e. The van der Waals surface area contributed by atoms with Crippen LogP contribution in [0.1, 0.15) is 19.8 Å². The molecule has 0 bridgehead atoms. The molecule has 0 aliphatic carbocycles. The van der Waals surface area contributed by atoms with Gasteiger partial charge in [0.05, 0.1) is 0 Å². The van der Waals surface area contributed by atoms with E-state index in [0.29, 0.717) is 0 Å². The van der Waals surface area contributed by atoms with E-state index in [-0.39, 0.29) is 18.4 Å². The fourth-order valence-corrected chi connectivity index (χ4v) is 1.48. The highest BCUT2D eigenvalue weighted by molar-refractivity contribution is 5.85. The van der Waals surface area contributed by atoms with Crippen molar-refractivity contribution in [1.82, 2.24) is 4.90 Å². The maximum atomic E-state index is 10.5. The number of likely N-dealkylation sites (tertiary alicyclic amines) is 1. The zero-order valence-electron chi connectivity index (χ0n) is 6.62. The lowest BCUT2D eigenvalue weighted by Gasteiger charge is -2.17. The molecule has 11 heavy (non-hydrogen) atoms. The van der Waals surface area contributed by atoms with Crippen molar-refractivity contribution in [2.24, 2.45) is 0 Å². The molecule has 0 unspecified atom stereocenters. The van der Waals surface area contributed by atoms with Crippen LogP contribution in [0.4, 0.5) is 0 Å². The van der Waals surface area contributed by atoms with Crippen molar-refractivity contribution in [2.75, 3.05) is 13.1 Å². The Kier molecular flexibility index (Phi) is 4.45. The molecule has 1 saturated heterocycles. The maximum Gasteiger partial charge on any atom is 0.320 e. The Morgan fingerprint density at radius 2 is 2.36 bits per heavy atom. The third-order valence-electron chi connectivity index (χ3n) is 2.05. The largest absolute Gasteiger partial charge is 0.480 e. The number of nitrogens with zero attached hydrogens (tertiary/aromatic N) is 1. The van der Waals surface area contributed by atoms with Crippen molar-refractivity contribution < 1.29 is 9.90 Å². The molecule has 0 amide bonds. The molecule has 0 saturated carbocycles. The third-order valence-corrected chi connectivity index (χ3v) is 2.05. The summed E-state index contributed by atoms with van der Waals surface area (Å²) in [5.74, 6) is -0.667. The number of aliphatic carboxylic acids is 1. The van der Waals surface area contributed by atoms with Crippen LogP contribution in [0.15, 0.2) is 0 Å². The molecular formula is C7H14ClNO2. The van der Waals surface area contributed by atoms with Crippen molar-refractivity contribution in [3.05, 3.63) is 0 Å². The number of rotatable bonds is 2. The van der Waals surface area contributed by atoms with Gasteiger partial charge in [-0.15, -0.1) is 12.4 Å². The second-order valence-electron chi connectivity index (χ2n) is 2.62. The Morgan fingerprint density at radius 3 is 2.73 bits per heavy atom. The predicted molar refractivity (Wildman–Crippen MR) is 45.2 cm³/mol. The van der Waals surface area contributed by atoms with Gasteiger partial charge in [0, 0.05) is 0 Å². The molecule has 1 rings (SSSR count). The Labute approximate surface area is 72.8 Å². The highest BCUT2D eigenvalue weighted by Gasteiger charge is 2.28. The summed E-state index contributed by atoms with van der Waals surface area (Å²) in [6, 6.07) is -0.204. The minimum Gasteiger partial charge on any atom is -0.480 e. The summed E-state index contributed by atoms with van der Waals surface area (Å²) >= 11 is 0.